The molecule has 2 unspecified atom stereocenters. The number of benzene rings is 1. The van der Waals surface area contributed by atoms with Gasteiger partial charge in [0.25, 0.3) is 0 Å². The van der Waals surface area contributed by atoms with E-state index in [0.717, 1.165) is 11.3 Å². The van der Waals surface area contributed by atoms with Crippen LogP contribution in [0.15, 0.2) is 24.3 Å². The summed E-state index contributed by atoms with van der Waals surface area (Å²) < 4.78 is 11.0. The van der Waals surface area contributed by atoms with Gasteiger partial charge >= 0.3 is 12.1 Å². The SMILES string of the molecule is COc1cccc(CC2(OC(=O)NC(CC(C)C)C(=O)NC(C[C@@H]3CCNC3=O)C(=O)O)CC2)c1. The molecule has 1 saturated carbocycles. The van der Waals surface area contributed by atoms with Gasteiger partial charge < -0.3 is 30.5 Å². The quantitative estimate of drug-likeness (QED) is 0.352. The second kappa shape index (κ2) is 11.4. The van der Waals surface area contributed by atoms with Crippen LogP contribution in [0.2, 0.25) is 0 Å². The molecule has 192 valence electrons. The highest BCUT2D eigenvalue weighted by atomic mass is 16.6. The molecule has 3 amide bonds. The number of ether oxygens (including phenoxy) is 2. The van der Waals surface area contributed by atoms with Gasteiger partial charge in [0.05, 0.1) is 7.11 Å². The summed E-state index contributed by atoms with van der Waals surface area (Å²) in [4.78, 5) is 49.3. The summed E-state index contributed by atoms with van der Waals surface area (Å²) >= 11 is 0. The first kappa shape index (κ1) is 26.3. The molecule has 0 radical (unpaired) electrons. The molecular formula is C25H35N3O7. The first-order valence-corrected chi connectivity index (χ1v) is 12.0. The van der Waals surface area contributed by atoms with Crippen molar-refractivity contribution in [2.24, 2.45) is 11.8 Å². The van der Waals surface area contributed by atoms with Crippen LogP contribution in [-0.4, -0.2) is 60.3 Å². The van der Waals surface area contributed by atoms with Crippen LogP contribution in [0.25, 0.3) is 0 Å². The average Bonchev–Trinajstić information content (AvgIpc) is 3.42. The minimum Gasteiger partial charge on any atom is -0.497 e. The van der Waals surface area contributed by atoms with Crippen LogP contribution in [0.3, 0.4) is 0 Å². The lowest BCUT2D eigenvalue weighted by Crippen LogP contribution is -2.53. The summed E-state index contributed by atoms with van der Waals surface area (Å²) in [5.74, 6) is -1.74. The van der Waals surface area contributed by atoms with Gasteiger partial charge in [0.15, 0.2) is 0 Å². The number of carboxylic acids is 1. The largest absolute Gasteiger partial charge is 0.497 e. The van der Waals surface area contributed by atoms with Crippen molar-refractivity contribution in [3.63, 3.8) is 0 Å². The Morgan fingerprint density at radius 2 is 1.94 bits per heavy atom. The highest BCUT2D eigenvalue weighted by molar-refractivity contribution is 5.90. The Morgan fingerprint density at radius 1 is 1.20 bits per heavy atom. The molecule has 1 aromatic rings. The van der Waals surface area contributed by atoms with Gasteiger partial charge in [0.2, 0.25) is 11.8 Å². The number of nitrogens with one attached hydrogen (secondary N) is 3. The number of rotatable bonds is 12. The maximum absolute atomic E-state index is 13.0. The van der Waals surface area contributed by atoms with Crippen LogP contribution in [0, 0.1) is 11.8 Å². The van der Waals surface area contributed by atoms with Gasteiger partial charge in [-0.3, -0.25) is 9.59 Å². The Kier molecular flexibility index (Phi) is 8.58. The molecule has 3 rings (SSSR count). The number of carbonyl (C=O) groups is 4. The normalized spacial score (nSPS) is 19.9. The van der Waals surface area contributed by atoms with Crippen molar-refractivity contribution in [3.05, 3.63) is 29.8 Å². The smallest absolute Gasteiger partial charge is 0.408 e. The van der Waals surface area contributed by atoms with E-state index in [9.17, 15) is 24.3 Å². The van der Waals surface area contributed by atoms with Gasteiger partial charge in [0.1, 0.15) is 23.4 Å². The molecule has 2 aliphatic rings. The molecule has 0 spiro atoms. The van der Waals surface area contributed by atoms with Crippen LogP contribution in [0.1, 0.15) is 51.5 Å². The molecule has 1 heterocycles. The third-order valence-electron chi connectivity index (χ3n) is 6.39. The zero-order valence-electron chi connectivity index (χ0n) is 20.5. The van der Waals surface area contributed by atoms with Crippen molar-refractivity contribution in [1.82, 2.24) is 16.0 Å². The lowest BCUT2D eigenvalue weighted by molar-refractivity contribution is -0.143. The molecule has 1 aliphatic heterocycles. The molecule has 10 nitrogen and oxygen atoms in total. The third-order valence-corrected chi connectivity index (χ3v) is 6.39. The molecule has 35 heavy (non-hydrogen) atoms. The molecule has 10 heteroatoms. The maximum atomic E-state index is 13.0. The van der Waals surface area contributed by atoms with Gasteiger partial charge in [-0.2, -0.15) is 0 Å². The standard InChI is InChI=1S/C25H35N3O7/c1-15(2)11-19(22(30)27-20(23(31)32)13-17-7-10-26-21(17)29)28-24(33)35-25(8-9-25)14-16-5-4-6-18(12-16)34-3/h4-6,12,15,17,19-20H,7-11,13-14H2,1-3H3,(H,26,29)(H,27,30)(H,28,33)(H,31,32)/t17-,19?,20?/m0/s1. The van der Waals surface area contributed by atoms with Crippen LogP contribution in [-0.2, 0) is 25.5 Å². The van der Waals surface area contributed by atoms with Gasteiger partial charge in [-0.15, -0.1) is 0 Å². The zero-order chi connectivity index (χ0) is 25.6. The second-order valence-electron chi connectivity index (χ2n) is 9.84. The summed E-state index contributed by atoms with van der Waals surface area (Å²) in [5, 5.41) is 17.4. The van der Waals surface area contributed by atoms with E-state index in [1.165, 1.54) is 0 Å². The Bertz CT molecular complexity index is 945. The molecule has 0 bridgehead atoms. The van der Waals surface area contributed by atoms with E-state index < -0.39 is 41.6 Å². The highest BCUT2D eigenvalue weighted by Crippen LogP contribution is 2.43. The fraction of sp³-hybridized carbons (Fsp3) is 0.600. The lowest BCUT2D eigenvalue weighted by atomic mass is 9.97. The van der Waals surface area contributed by atoms with E-state index in [0.29, 0.717) is 38.6 Å². The lowest BCUT2D eigenvalue weighted by Gasteiger charge is -2.25. The summed E-state index contributed by atoms with van der Waals surface area (Å²) in [6, 6.07) is 5.36. The molecule has 1 aromatic carbocycles. The molecule has 1 saturated heterocycles. The topological polar surface area (TPSA) is 143 Å². The van der Waals surface area contributed by atoms with E-state index in [2.05, 4.69) is 16.0 Å². The molecule has 2 fully saturated rings. The Hall–Kier alpha value is -3.30. The van der Waals surface area contributed by atoms with E-state index in [1.54, 1.807) is 7.11 Å². The maximum Gasteiger partial charge on any atom is 0.408 e. The minimum absolute atomic E-state index is 0.00456. The number of alkyl carbamates (subject to hydrolysis) is 1. The van der Waals surface area contributed by atoms with Crippen molar-refractivity contribution >= 4 is 23.9 Å². The van der Waals surface area contributed by atoms with E-state index in [-0.39, 0.29) is 18.2 Å². The van der Waals surface area contributed by atoms with E-state index >= 15 is 0 Å². The van der Waals surface area contributed by atoms with Crippen molar-refractivity contribution < 1.29 is 33.8 Å². The molecular weight excluding hydrogens is 454 g/mol. The fourth-order valence-corrected chi connectivity index (χ4v) is 4.33. The monoisotopic (exact) mass is 489 g/mol. The third kappa shape index (κ3) is 7.60. The first-order chi connectivity index (χ1) is 16.6. The number of hydrogen-bond donors (Lipinski definition) is 4. The molecule has 1 aliphatic carbocycles. The predicted octanol–water partition coefficient (Wildman–Crippen LogP) is 2.01. The number of carboxylic acid groups (broad SMARTS) is 1. The fourth-order valence-electron chi connectivity index (χ4n) is 4.33. The van der Waals surface area contributed by atoms with Crippen molar-refractivity contribution in [2.75, 3.05) is 13.7 Å². The molecule has 3 atom stereocenters. The van der Waals surface area contributed by atoms with Crippen LogP contribution < -0.4 is 20.7 Å². The van der Waals surface area contributed by atoms with Gasteiger partial charge in [-0.1, -0.05) is 26.0 Å². The summed E-state index contributed by atoms with van der Waals surface area (Å²) in [6.07, 6.45) is 2.06. The second-order valence-corrected chi connectivity index (χ2v) is 9.84. The predicted molar refractivity (Wildman–Crippen MR) is 127 cm³/mol. The van der Waals surface area contributed by atoms with Crippen LogP contribution in [0.5, 0.6) is 5.75 Å². The summed E-state index contributed by atoms with van der Waals surface area (Å²) in [6.45, 7) is 4.29. The van der Waals surface area contributed by atoms with Crippen LogP contribution in [0.4, 0.5) is 4.79 Å². The Morgan fingerprint density at radius 3 is 2.51 bits per heavy atom. The van der Waals surface area contributed by atoms with Crippen molar-refractivity contribution in [3.8, 4) is 5.75 Å². The van der Waals surface area contributed by atoms with Crippen LogP contribution >= 0.6 is 0 Å². The number of carbonyl (C=O) groups excluding carboxylic acids is 3. The zero-order valence-corrected chi connectivity index (χ0v) is 20.5. The van der Waals surface area contributed by atoms with Gasteiger partial charge in [-0.05, 0) is 55.7 Å². The number of aliphatic carboxylic acids is 1. The summed E-state index contributed by atoms with van der Waals surface area (Å²) in [5.41, 5.74) is 0.348. The number of methoxy groups -OCH3 is 1. The van der Waals surface area contributed by atoms with Gasteiger partial charge in [0, 0.05) is 18.9 Å². The Balaban J connectivity index is 1.60. The van der Waals surface area contributed by atoms with Crippen molar-refractivity contribution in [1.29, 1.82) is 0 Å². The average molecular weight is 490 g/mol. The molecule has 4 N–H and O–H groups in total. The molecule has 0 aromatic heterocycles. The number of amides is 3. The van der Waals surface area contributed by atoms with E-state index in [1.807, 2.05) is 38.1 Å². The summed E-state index contributed by atoms with van der Waals surface area (Å²) in [7, 11) is 1.59. The van der Waals surface area contributed by atoms with Gasteiger partial charge in [-0.25, -0.2) is 9.59 Å². The minimum atomic E-state index is -1.23. The van der Waals surface area contributed by atoms with Crippen molar-refractivity contribution in [2.45, 2.75) is 70.1 Å². The first-order valence-electron chi connectivity index (χ1n) is 12.0. The Labute approximate surface area is 205 Å². The highest BCUT2D eigenvalue weighted by Gasteiger charge is 2.47. The van der Waals surface area contributed by atoms with E-state index in [4.69, 9.17) is 9.47 Å². The number of hydrogen-bond acceptors (Lipinski definition) is 6.